The number of hydrogen-bond acceptors (Lipinski definition) is 8. The van der Waals surface area contributed by atoms with Gasteiger partial charge in [0.1, 0.15) is 11.6 Å². The maximum Gasteiger partial charge on any atom is 0.286 e. The van der Waals surface area contributed by atoms with Crippen LogP contribution in [0.15, 0.2) is 53.9 Å². The van der Waals surface area contributed by atoms with E-state index in [0.29, 0.717) is 12.6 Å². The summed E-state index contributed by atoms with van der Waals surface area (Å²) in [7, 11) is -4.01. The Labute approximate surface area is 224 Å². The predicted molar refractivity (Wildman–Crippen MR) is 137 cm³/mol. The molecule has 212 valence electrons. The molecule has 1 unspecified atom stereocenters. The monoisotopic (exact) mass is 567 g/mol. The fraction of sp³-hybridized carbons (Fsp3) is 0.360. The first-order chi connectivity index (χ1) is 18.3. The van der Waals surface area contributed by atoms with Gasteiger partial charge in [0, 0.05) is 19.2 Å². The Balaban J connectivity index is 1.99. The summed E-state index contributed by atoms with van der Waals surface area (Å²) < 4.78 is 59.6. The zero-order chi connectivity index (χ0) is 28.9. The van der Waals surface area contributed by atoms with Crippen molar-refractivity contribution < 1.29 is 36.6 Å². The third-order valence-electron chi connectivity index (χ3n) is 5.98. The molecule has 14 heteroatoms. The first-order valence-electron chi connectivity index (χ1n) is 12.0. The SMILES string of the molecule is CCc1cccc(CNC[C@H](O)[C@H](Cc2cc(F)cc(F)c2)N2C(C(N)=O)=C(C(N)=O)OC2NS(C)(=O)=O)c1. The van der Waals surface area contributed by atoms with Crippen LogP contribution in [0.3, 0.4) is 0 Å². The number of rotatable bonds is 13. The van der Waals surface area contributed by atoms with Crippen LogP contribution in [0.25, 0.3) is 0 Å². The Morgan fingerprint density at radius 1 is 1.08 bits per heavy atom. The number of carbonyl (C=O) groups is 2. The predicted octanol–water partition coefficient (Wildman–Crippen LogP) is -0.0638. The minimum atomic E-state index is -4.01. The van der Waals surface area contributed by atoms with Crippen LogP contribution in [0.5, 0.6) is 0 Å². The average molecular weight is 568 g/mol. The number of ether oxygens (including phenoxy) is 1. The van der Waals surface area contributed by atoms with E-state index >= 15 is 0 Å². The number of aliphatic hydroxyl groups is 1. The Morgan fingerprint density at radius 3 is 2.28 bits per heavy atom. The van der Waals surface area contributed by atoms with Gasteiger partial charge in [-0.05, 0) is 41.7 Å². The topological polar surface area (TPSA) is 177 Å². The lowest BCUT2D eigenvalue weighted by atomic mass is 9.98. The lowest BCUT2D eigenvalue weighted by Crippen LogP contribution is -2.57. The van der Waals surface area contributed by atoms with Gasteiger partial charge >= 0.3 is 0 Å². The molecule has 0 aliphatic carbocycles. The first-order valence-corrected chi connectivity index (χ1v) is 13.9. The Morgan fingerprint density at radius 2 is 1.72 bits per heavy atom. The second-order valence-corrected chi connectivity index (χ2v) is 10.9. The number of nitrogens with two attached hydrogens (primary N) is 2. The van der Waals surface area contributed by atoms with Crippen LogP contribution in [0, 0.1) is 11.6 Å². The molecule has 0 radical (unpaired) electrons. The average Bonchev–Trinajstić information content (AvgIpc) is 3.20. The van der Waals surface area contributed by atoms with Crippen molar-refractivity contribution in [2.75, 3.05) is 12.8 Å². The van der Waals surface area contributed by atoms with Gasteiger partial charge in [-0.25, -0.2) is 17.2 Å². The number of nitrogens with zero attached hydrogens (tertiary/aromatic N) is 1. The van der Waals surface area contributed by atoms with Gasteiger partial charge in [0.2, 0.25) is 22.1 Å². The molecule has 3 rings (SSSR count). The Hall–Kier alpha value is -3.59. The molecular weight excluding hydrogens is 536 g/mol. The third kappa shape index (κ3) is 7.95. The molecule has 1 aliphatic rings. The number of halogens is 2. The molecule has 2 aromatic carbocycles. The van der Waals surface area contributed by atoms with E-state index in [1.807, 2.05) is 31.2 Å². The highest BCUT2D eigenvalue weighted by Crippen LogP contribution is 2.30. The molecule has 0 spiro atoms. The number of aryl methyl sites for hydroxylation is 1. The molecule has 0 bridgehead atoms. The number of amides is 2. The van der Waals surface area contributed by atoms with Gasteiger partial charge in [0.25, 0.3) is 11.8 Å². The molecule has 3 atom stereocenters. The van der Waals surface area contributed by atoms with E-state index in [1.54, 1.807) is 0 Å². The van der Waals surface area contributed by atoms with E-state index in [1.165, 1.54) is 0 Å². The molecular formula is C25H31F2N5O6S. The van der Waals surface area contributed by atoms with E-state index in [4.69, 9.17) is 16.2 Å². The number of nitrogens with one attached hydrogen (secondary N) is 2. The highest BCUT2D eigenvalue weighted by molar-refractivity contribution is 7.88. The van der Waals surface area contributed by atoms with Crippen molar-refractivity contribution in [3.05, 3.63) is 82.2 Å². The second-order valence-electron chi connectivity index (χ2n) is 9.09. The third-order valence-corrected chi connectivity index (χ3v) is 6.61. The minimum absolute atomic E-state index is 0.0710. The Kier molecular flexibility index (Phi) is 9.61. The summed E-state index contributed by atoms with van der Waals surface area (Å²) in [4.78, 5) is 25.4. The molecule has 0 aromatic heterocycles. The van der Waals surface area contributed by atoms with E-state index < -0.39 is 63.4 Å². The molecule has 39 heavy (non-hydrogen) atoms. The first kappa shape index (κ1) is 30.0. The summed E-state index contributed by atoms with van der Waals surface area (Å²) in [5.41, 5.74) is 12.4. The minimum Gasteiger partial charge on any atom is -0.448 e. The van der Waals surface area contributed by atoms with E-state index in [2.05, 4.69) is 10.0 Å². The summed E-state index contributed by atoms with van der Waals surface area (Å²) in [6.45, 7) is 2.25. The largest absolute Gasteiger partial charge is 0.448 e. The molecule has 0 saturated heterocycles. The number of sulfonamides is 1. The van der Waals surface area contributed by atoms with Gasteiger partial charge in [-0.15, -0.1) is 0 Å². The lowest BCUT2D eigenvalue weighted by molar-refractivity contribution is -0.119. The summed E-state index contributed by atoms with van der Waals surface area (Å²) in [6, 6.07) is 9.16. The van der Waals surface area contributed by atoms with Crippen LogP contribution in [-0.2, 0) is 43.7 Å². The van der Waals surface area contributed by atoms with Gasteiger partial charge in [-0.2, -0.15) is 4.72 Å². The number of benzene rings is 2. The number of hydrogen-bond donors (Lipinski definition) is 5. The van der Waals surface area contributed by atoms with Gasteiger partial charge in [-0.3, -0.25) is 9.59 Å². The fourth-order valence-electron chi connectivity index (χ4n) is 4.33. The molecule has 1 aliphatic heterocycles. The smallest absolute Gasteiger partial charge is 0.286 e. The maximum atomic E-state index is 14.0. The highest BCUT2D eigenvalue weighted by Gasteiger charge is 2.45. The maximum absolute atomic E-state index is 14.0. The number of carbonyl (C=O) groups excluding carboxylic acids is 2. The van der Waals surface area contributed by atoms with Crippen molar-refractivity contribution in [2.45, 2.75) is 44.8 Å². The number of aliphatic hydroxyl groups excluding tert-OH is 1. The van der Waals surface area contributed by atoms with Crippen LogP contribution in [0.4, 0.5) is 8.78 Å². The summed E-state index contributed by atoms with van der Waals surface area (Å²) in [6.07, 6.45) is -1.79. The van der Waals surface area contributed by atoms with Crippen LogP contribution < -0.4 is 21.5 Å². The Bertz CT molecular complexity index is 1350. The molecule has 11 nitrogen and oxygen atoms in total. The molecule has 1 heterocycles. The van der Waals surface area contributed by atoms with Crippen LogP contribution in [0.2, 0.25) is 0 Å². The van der Waals surface area contributed by atoms with E-state index in [9.17, 15) is 31.9 Å². The van der Waals surface area contributed by atoms with Gasteiger partial charge in [-0.1, -0.05) is 31.2 Å². The van der Waals surface area contributed by atoms with Crippen LogP contribution in [0.1, 0.15) is 23.6 Å². The van der Waals surface area contributed by atoms with Gasteiger partial charge in [0.05, 0.1) is 18.4 Å². The second kappa shape index (κ2) is 12.5. The fourth-order valence-corrected chi connectivity index (χ4v) is 4.85. The zero-order valence-electron chi connectivity index (χ0n) is 21.4. The van der Waals surface area contributed by atoms with E-state index in [-0.39, 0.29) is 18.5 Å². The van der Waals surface area contributed by atoms with Crippen molar-refractivity contribution in [1.29, 1.82) is 0 Å². The van der Waals surface area contributed by atoms with Crippen molar-refractivity contribution >= 4 is 21.8 Å². The van der Waals surface area contributed by atoms with Crippen molar-refractivity contribution in [1.82, 2.24) is 14.9 Å². The normalized spacial score (nSPS) is 17.2. The summed E-state index contributed by atoms with van der Waals surface area (Å²) in [5.74, 6) is -4.92. The van der Waals surface area contributed by atoms with Crippen LogP contribution >= 0.6 is 0 Å². The molecule has 0 fully saturated rings. The molecule has 0 saturated carbocycles. The summed E-state index contributed by atoms with van der Waals surface area (Å²) in [5, 5.41) is 14.4. The lowest BCUT2D eigenvalue weighted by Gasteiger charge is -2.37. The van der Waals surface area contributed by atoms with Crippen molar-refractivity contribution in [3.63, 3.8) is 0 Å². The highest BCUT2D eigenvalue weighted by atomic mass is 32.2. The molecule has 2 amide bonds. The molecule has 2 aromatic rings. The zero-order valence-corrected chi connectivity index (χ0v) is 22.2. The number of primary amides is 2. The van der Waals surface area contributed by atoms with Crippen LogP contribution in [-0.4, -0.2) is 61.5 Å². The summed E-state index contributed by atoms with van der Waals surface area (Å²) >= 11 is 0. The van der Waals surface area contributed by atoms with Gasteiger partial charge in [0.15, 0.2) is 5.70 Å². The van der Waals surface area contributed by atoms with Crippen molar-refractivity contribution in [2.24, 2.45) is 11.5 Å². The molecule has 7 N–H and O–H groups in total. The quantitative estimate of drug-likeness (QED) is 0.223. The standard InChI is InChI=1S/C25H31F2N5O6S/c1-3-14-5-4-6-15(7-14)12-30-13-20(33)19(10-16-8-17(26)11-18(27)9-16)32-21(23(28)34)22(24(29)35)38-25(32)31-39(2,36)37/h4-9,11,19-20,25,30-31,33H,3,10,12-13H2,1-2H3,(H2,28,34)(H2,29,35)/t19-,20-,25?/m0/s1. The van der Waals surface area contributed by atoms with E-state index in [0.717, 1.165) is 40.8 Å². The van der Waals surface area contributed by atoms with Gasteiger partial charge < -0.3 is 31.5 Å². The van der Waals surface area contributed by atoms with Crippen molar-refractivity contribution in [3.8, 4) is 0 Å².